The number of benzene rings is 1. The van der Waals surface area contributed by atoms with E-state index in [-0.39, 0.29) is 6.42 Å². The van der Waals surface area contributed by atoms with Crippen molar-refractivity contribution in [2.45, 2.75) is 6.42 Å². The number of pyridine rings is 1. The largest absolute Gasteiger partial charge is 0.481 e. The molecule has 0 saturated heterocycles. The minimum Gasteiger partial charge on any atom is -0.481 e. The Bertz CT molecular complexity index is 588. The lowest BCUT2D eigenvalue weighted by Crippen LogP contribution is -1.90. The molecule has 3 nitrogen and oxygen atoms in total. The van der Waals surface area contributed by atoms with E-state index in [0.717, 1.165) is 16.5 Å². The SMILES string of the molecule is O=C(O)CC#Cc1ccnc2ccccc12. The molecule has 16 heavy (non-hydrogen) atoms. The number of hydrogen-bond donors (Lipinski definition) is 1. The molecule has 1 aromatic heterocycles. The second-order valence-corrected chi connectivity index (χ2v) is 3.25. The van der Waals surface area contributed by atoms with Gasteiger partial charge in [0, 0.05) is 17.1 Å². The van der Waals surface area contributed by atoms with Gasteiger partial charge in [-0.15, -0.1) is 0 Å². The first-order valence-corrected chi connectivity index (χ1v) is 4.82. The maximum atomic E-state index is 10.3. The maximum Gasteiger partial charge on any atom is 0.315 e. The highest BCUT2D eigenvalue weighted by Crippen LogP contribution is 2.14. The van der Waals surface area contributed by atoms with Crippen LogP contribution in [0.15, 0.2) is 36.5 Å². The van der Waals surface area contributed by atoms with Crippen LogP contribution in [0.3, 0.4) is 0 Å². The third kappa shape index (κ3) is 2.18. The molecule has 0 atom stereocenters. The van der Waals surface area contributed by atoms with E-state index in [1.54, 1.807) is 12.3 Å². The van der Waals surface area contributed by atoms with Crippen molar-refractivity contribution in [1.82, 2.24) is 4.98 Å². The Kier molecular flexibility index (Phi) is 2.84. The summed E-state index contributed by atoms with van der Waals surface area (Å²) >= 11 is 0. The van der Waals surface area contributed by atoms with E-state index < -0.39 is 5.97 Å². The number of nitrogens with zero attached hydrogens (tertiary/aromatic N) is 1. The number of rotatable bonds is 1. The van der Waals surface area contributed by atoms with Gasteiger partial charge in [-0.1, -0.05) is 30.0 Å². The van der Waals surface area contributed by atoms with Gasteiger partial charge in [0.25, 0.3) is 0 Å². The van der Waals surface area contributed by atoms with Gasteiger partial charge in [0.15, 0.2) is 0 Å². The highest BCUT2D eigenvalue weighted by Gasteiger charge is 1.97. The van der Waals surface area contributed by atoms with Crippen molar-refractivity contribution in [3.63, 3.8) is 0 Å². The third-order valence-corrected chi connectivity index (χ3v) is 2.11. The molecule has 0 aliphatic heterocycles. The number of para-hydroxylation sites is 1. The molecule has 0 saturated carbocycles. The van der Waals surface area contributed by atoms with Gasteiger partial charge in [-0.25, -0.2) is 0 Å². The fraction of sp³-hybridized carbons (Fsp3) is 0.0769. The summed E-state index contributed by atoms with van der Waals surface area (Å²) in [7, 11) is 0. The zero-order valence-corrected chi connectivity index (χ0v) is 8.47. The van der Waals surface area contributed by atoms with Gasteiger partial charge in [-0.2, -0.15) is 0 Å². The van der Waals surface area contributed by atoms with Crippen molar-refractivity contribution in [3.05, 3.63) is 42.1 Å². The molecule has 0 fully saturated rings. The number of carbonyl (C=O) groups is 1. The Morgan fingerprint density at radius 1 is 1.31 bits per heavy atom. The molecular formula is C13H9NO2. The lowest BCUT2D eigenvalue weighted by atomic mass is 10.1. The molecule has 0 unspecified atom stereocenters. The van der Waals surface area contributed by atoms with Crippen molar-refractivity contribution in [1.29, 1.82) is 0 Å². The zero-order chi connectivity index (χ0) is 11.4. The highest BCUT2D eigenvalue weighted by molar-refractivity contribution is 5.84. The minimum absolute atomic E-state index is 0.142. The van der Waals surface area contributed by atoms with Gasteiger partial charge >= 0.3 is 5.97 Å². The highest BCUT2D eigenvalue weighted by atomic mass is 16.4. The molecule has 3 heteroatoms. The van der Waals surface area contributed by atoms with Gasteiger partial charge in [0.2, 0.25) is 0 Å². The van der Waals surface area contributed by atoms with Crippen LogP contribution in [0.1, 0.15) is 12.0 Å². The van der Waals surface area contributed by atoms with Crippen molar-refractivity contribution >= 4 is 16.9 Å². The molecule has 0 aliphatic rings. The van der Waals surface area contributed by atoms with Crippen LogP contribution in [0, 0.1) is 11.8 Å². The lowest BCUT2D eigenvalue weighted by Gasteiger charge is -1.98. The van der Waals surface area contributed by atoms with Crippen LogP contribution in [0.4, 0.5) is 0 Å². The van der Waals surface area contributed by atoms with Gasteiger partial charge < -0.3 is 5.11 Å². The average Bonchev–Trinajstić information content (AvgIpc) is 2.29. The summed E-state index contributed by atoms with van der Waals surface area (Å²) in [5.41, 5.74) is 1.68. The lowest BCUT2D eigenvalue weighted by molar-refractivity contribution is -0.135. The molecule has 0 amide bonds. The quantitative estimate of drug-likeness (QED) is 0.734. The predicted molar refractivity (Wildman–Crippen MR) is 60.9 cm³/mol. The van der Waals surface area contributed by atoms with E-state index in [4.69, 9.17) is 5.11 Å². The van der Waals surface area contributed by atoms with Gasteiger partial charge in [-0.3, -0.25) is 9.78 Å². The fourth-order valence-electron chi connectivity index (χ4n) is 1.42. The Balaban J connectivity index is 2.43. The molecule has 1 heterocycles. The van der Waals surface area contributed by atoms with E-state index in [1.165, 1.54) is 0 Å². The van der Waals surface area contributed by atoms with E-state index >= 15 is 0 Å². The van der Waals surface area contributed by atoms with E-state index in [9.17, 15) is 4.79 Å². The van der Waals surface area contributed by atoms with Gasteiger partial charge in [0.1, 0.15) is 6.42 Å². The molecule has 2 rings (SSSR count). The topological polar surface area (TPSA) is 50.2 Å². The Hall–Kier alpha value is -2.34. The molecule has 1 aromatic carbocycles. The summed E-state index contributed by atoms with van der Waals surface area (Å²) in [4.78, 5) is 14.5. The van der Waals surface area contributed by atoms with Crippen LogP contribution >= 0.6 is 0 Å². The molecule has 1 N–H and O–H groups in total. The first-order chi connectivity index (χ1) is 7.77. The monoisotopic (exact) mass is 211 g/mol. The number of carboxylic acid groups (broad SMARTS) is 1. The predicted octanol–water partition coefficient (Wildman–Crippen LogP) is 2.06. The maximum absolute atomic E-state index is 10.3. The molecule has 0 spiro atoms. The van der Waals surface area contributed by atoms with Crippen LogP contribution in [-0.4, -0.2) is 16.1 Å². The van der Waals surface area contributed by atoms with Gasteiger partial charge in [0.05, 0.1) is 5.52 Å². The summed E-state index contributed by atoms with van der Waals surface area (Å²) < 4.78 is 0. The van der Waals surface area contributed by atoms with E-state index in [1.807, 2.05) is 24.3 Å². The summed E-state index contributed by atoms with van der Waals surface area (Å²) in [5.74, 6) is 4.55. The Morgan fingerprint density at radius 3 is 2.94 bits per heavy atom. The van der Waals surface area contributed by atoms with Gasteiger partial charge in [-0.05, 0) is 12.1 Å². The number of hydrogen-bond acceptors (Lipinski definition) is 2. The second-order valence-electron chi connectivity index (χ2n) is 3.25. The minimum atomic E-state index is -0.911. The normalized spacial score (nSPS) is 9.50. The first kappa shape index (κ1) is 10.2. The van der Waals surface area contributed by atoms with Crippen LogP contribution in [0.5, 0.6) is 0 Å². The number of fused-ring (bicyclic) bond motifs is 1. The Labute approximate surface area is 92.7 Å². The van der Waals surface area contributed by atoms with Crippen LogP contribution < -0.4 is 0 Å². The van der Waals surface area contributed by atoms with E-state index in [2.05, 4.69) is 16.8 Å². The summed E-state index contributed by atoms with van der Waals surface area (Å²) in [6, 6.07) is 9.43. The average molecular weight is 211 g/mol. The standard InChI is InChI=1S/C13H9NO2/c15-13(16)7-3-4-10-8-9-14-12-6-2-1-5-11(10)12/h1-2,5-6,8-9H,7H2,(H,15,16). The second kappa shape index (κ2) is 4.45. The molecule has 0 bridgehead atoms. The summed E-state index contributed by atoms with van der Waals surface area (Å²) in [6.07, 6.45) is 1.53. The molecule has 2 aromatic rings. The van der Waals surface area contributed by atoms with Crippen LogP contribution in [-0.2, 0) is 4.79 Å². The molecule has 0 aliphatic carbocycles. The van der Waals surface area contributed by atoms with Crippen molar-refractivity contribution in [2.75, 3.05) is 0 Å². The fourth-order valence-corrected chi connectivity index (χ4v) is 1.42. The molecule has 0 radical (unpaired) electrons. The number of carboxylic acids is 1. The molecular weight excluding hydrogens is 202 g/mol. The summed E-state index contributed by atoms with van der Waals surface area (Å²) in [5, 5.41) is 9.44. The molecule has 78 valence electrons. The third-order valence-electron chi connectivity index (χ3n) is 2.11. The number of aromatic nitrogens is 1. The van der Waals surface area contributed by atoms with Crippen molar-refractivity contribution < 1.29 is 9.90 Å². The van der Waals surface area contributed by atoms with Crippen molar-refractivity contribution in [2.24, 2.45) is 0 Å². The zero-order valence-electron chi connectivity index (χ0n) is 8.47. The van der Waals surface area contributed by atoms with Crippen LogP contribution in [0.2, 0.25) is 0 Å². The summed E-state index contributed by atoms with van der Waals surface area (Å²) in [6.45, 7) is 0. The first-order valence-electron chi connectivity index (χ1n) is 4.82. The van der Waals surface area contributed by atoms with E-state index in [0.29, 0.717) is 0 Å². The van der Waals surface area contributed by atoms with Crippen molar-refractivity contribution in [3.8, 4) is 11.8 Å². The Morgan fingerprint density at radius 2 is 2.12 bits per heavy atom. The number of aliphatic carboxylic acids is 1. The van der Waals surface area contributed by atoms with Crippen LogP contribution in [0.25, 0.3) is 10.9 Å². The smallest absolute Gasteiger partial charge is 0.315 e.